The first-order chi connectivity index (χ1) is 9.15. The van der Waals surface area contributed by atoms with Gasteiger partial charge in [-0.1, -0.05) is 0 Å². The monoisotopic (exact) mass is 343 g/mol. The van der Waals surface area contributed by atoms with Gasteiger partial charge in [0.05, 0.1) is 6.17 Å². The molecule has 2 heterocycles. The Morgan fingerprint density at radius 3 is 2.84 bits per heavy atom. The van der Waals surface area contributed by atoms with Crippen molar-refractivity contribution in [1.82, 2.24) is 20.5 Å². The number of thiocarbonyl (C=S) groups is 1. The zero-order chi connectivity index (χ0) is 13.7. The molecule has 0 spiro atoms. The fraction of sp³-hybridized carbons (Fsp3) is 0.500. The van der Waals surface area contributed by atoms with Gasteiger partial charge in [0, 0.05) is 36.8 Å². The van der Waals surface area contributed by atoms with Crippen LogP contribution in [0, 0.1) is 0 Å². The van der Waals surface area contributed by atoms with Crippen LogP contribution in [0.15, 0.2) is 22.8 Å². The molecule has 0 amide bonds. The summed E-state index contributed by atoms with van der Waals surface area (Å²) in [6.45, 7) is 6.25. The molecule has 1 unspecified atom stereocenters. The molecule has 1 atom stereocenters. The van der Waals surface area contributed by atoms with E-state index in [1.807, 2.05) is 12.1 Å². The first-order valence-electron chi connectivity index (χ1n) is 6.29. The molecule has 7 heteroatoms. The van der Waals surface area contributed by atoms with Gasteiger partial charge in [0.15, 0.2) is 5.11 Å². The quantitative estimate of drug-likeness (QED) is 0.721. The summed E-state index contributed by atoms with van der Waals surface area (Å²) in [5.74, 6) is 0.744. The van der Waals surface area contributed by atoms with Gasteiger partial charge in [-0.2, -0.15) is 0 Å². The van der Waals surface area contributed by atoms with Gasteiger partial charge in [-0.3, -0.25) is 4.90 Å². The van der Waals surface area contributed by atoms with Crippen LogP contribution in [-0.2, 0) is 0 Å². The number of halogens is 1. The van der Waals surface area contributed by atoms with Crippen LogP contribution in [-0.4, -0.2) is 47.3 Å². The second kappa shape index (κ2) is 7.14. The molecule has 1 fully saturated rings. The number of aromatic nitrogens is 1. The molecule has 3 N–H and O–H groups in total. The molecule has 1 aromatic heterocycles. The first-order valence-corrected chi connectivity index (χ1v) is 7.49. The van der Waals surface area contributed by atoms with Crippen LogP contribution in [0.5, 0.6) is 0 Å². The van der Waals surface area contributed by atoms with E-state index in [2.05, 4.69) is 48.7 Å². The van der Waals surface area contributed by atoms with E-state index < -0.39 is 0 Å². The highest BCUT2D eigenvalue weighted by atomic mass is 79.9. The largest absolute Gasteiger partial charge is 0.347 e. The molecule has 1 aliphatic heterocycles. The van der Waals surface area contributed by atoms with Crippen molar-refractivity contribution in [3.63, 3.8) is 0 Å². The van der Waals surface area contributed by atoms with Crippen LogP contribution in [0.25, 0.3) is 0 Å². The molecule has 0 aliphatic carbocycles. The molecule has 104 valence electrons. The molecule has 0 saturated carbocycles. The van der Waals surface area contributed by atoms with Crippen molar-refractivity contribution >= 4 is 39.1 Å². The van der Waals surface area contributed by atoms with Crippen molar-refractivity contribution in [2.75, 3.05) is 31.5 Å². The molecule has 0 radical (unpaired) electrons. The van der Waals surface area contributed by atoms with E-state index in [1.54, 1.807) is 6.20 Å². The van der Waals surface area contributed by atoms with Crippen molar-refractivity contribution in [3.8, 4) is 0 Å². The van der Waals surface area contributed by atoms with Crippen LogP contribution in [0.4, 0.5) is 5.82 Å². The molecule has 5 nitrogen and oxygen atoms in total. The number of hydrogen-bond acceptors (Lipinski definition) is 4. The van der Waals surface area contributed by atoms with E-state index in [4.69, 9.17) is 12.2 Å². The Kier molecular flexibility index (Phi) is 5.50. The minimum absolute atomic E-state index is 0.220. The number of rotatable bonds is 3. The van der Waals surface area contributed by atoms with Crippen LogP contribution in [0.2, 0.25) is 0 Å². The van der Waals surface area contributed by atoms with Gasteiger partial charge in [0.2, 0.25) is 0 Å². The summed E-state index contributed by atoms with van der Waals surface area (Å²) in [5, 5.41) is 10.3. The summed E-state index contributed by atoms with van der Waals surface area (Å²) in [6.07, 6.45) is 1.96. The highest BCUT2D eigenvalue weighted by Gasteiger charge is 2.16. The summed E-state index contributed by atoms with van der Waals surface area (Å²) < 4.78 is 0.950. The van der Waals surface area contributed by atoms with E-state index in [9.17, 15) is 0 Å². The third kappa shape index (κ3) is 4.68. The minimum Gasteiger partial charge on any atom is -0.347 e. The zero-order valence-corrected chi connectivity index (χ0v) is 13.2. The zero-order valence-electron chi connectivity index (χ0n) is 10.8. The van der Waals surface area contributed by atoms with E-state index in [0.29, 0.717) is 5.11 Å². The predicted molar refractivity (Wildman–Crippen MR) is 85.2 cm³/mol. The number of piperazine rings is 1. The Morgan fingerprint density at radius 2 is 2.21 bits per heavy atom. The summed E-state index contributed by atoms with van der Waals surface area (Å²) in [4.78, 5) is 6.59. The van der Waals surface area contributed by atoms with Crippen LogP contribution >= 0.6 is 28.1 Å². The number of nitrogens with one attached hydrogen (secondary N) is 3. The van der Waals surface area contributed by atoms with E-state index in [1.165, 1.54) is 0 Å². The Labute approximate surface area is 127 Å². The van der Waals surface area contributed by atoms with Crippen molar-refractivity contribution < 1.29 is 0 Å². The summed E-state index contributed by atoms with van der Waals surface area (Å²) in [6, 6.07) is 3.81. The molecular weight excluding hydrogens is 326 g/mol. The Hall–Kier alpha value is -0.760. The molecule has 19 heavy (non-hydrogen) atoms. The highest BCUT2D eigenvalue weighted by Crippen LogP contribution is 2.10. The average molecular weight is 344 g/mol. The second-order valence-electron chi connectivity index (χ2n) is 4.42. The first kappa shape index (κ1) is 14.6. The van der Waals surface area contributed by atoms with Gasteiger partial charge < -0.3 is 16.0 Å². The van der Waals surface area contributed by atoms with Gasteiger partial charge in [-0.15, -0.1) is 0 Å². The lowest BCUT2D eigenvalue weighted by atomic mass is 10.3. The minimum atomic E-state index is 0.220. The molecule has 1 aliphatic rings. The molecule has 1 saturated heterocycles. The van der Waals surface area contributed by atoms with Crippen molar-refractivity contribution in [2.45, 2.75) is 13.1 Å². The van der Waals surface area contributed by atoms with Gasteiger partial charge in [0.25, 0.3) is 0 Å². The van der Waals surface area contributed by atoms with E-state index in [0.717, 1.165) is 36.5 Å². The maximum absolute atomic E-state index is 5.30. The lowest BCUT2D eigenvalue weighted by Crippen LogP contribution is -2.54. The van der Waals surface area contributed by atoms with Gasteiger partial charge in [-0.25, -0.2) is 4.98 Å². The molecule has 0 aromatic carbocycles. The number of hydrogen-bond donors (Lipinski definition) is 3. The maximum atomic E-state index is 5.30. The summed E-state index contributed by atoms with van der Waals surface area (Å²) in [7, 11) is 0. The number of nitrogens with zero attached hydrogens (tertiary/aromatic N) is 2. The third-order valence-electron chi connectivity index (χ3n) is 3.01. The topological polar surface area (TPSA) is 52.2 Å². The van der Waals surface area contributed by atoms with E-state index >= 15 is 0 Å². The van der Waals surface area contributed by atoms with Crippen molar-refractivity contribution in [2.24, 2.45) is 0 Å². The van der Waals surface area contributed by atoms with Crippen molar-refractivity contribution in [1.29, 1.82) is 0 Å². The highest BCUT2D eigenvalue weighted by molar-refractivity contribution is 9.10. The standard InChI is InChI=1S/C12H18BrN5S/c1-9(18-6-4-14-5-7-18)16-12(19)17-11-3-2-10(13)8-15-11/h2-3,8-9,14H,4-7H2,1H3,(H2,15,16,17,19). The second-order valence-corrected chi connectivity index (χ2v) is 5.75. The normalized spacial score (nSPS) is 17.8. The maximum Gasteiger partial charge on any atom is 0.173 e. The lowest BCUT2D eigenvalue weighted by Gasteiger charge is -2.33. The Morgan fingerprint density at radius 1 is 1.47 bits per heavy atom. The number of pyridine rings is 1. The predicted octanol–water partition coefficient (Wildman–Crippen LogP) is 1.38. The van der Waals surface area contributed by atoms with E-state index in [-0.39, 0.29) is 6.17 Å². The van der Waals surface area contributed by atoms with Crippen LogP contribution < -0.4 is 16.0 Å². The van der Waals surface area contributed by atoms with Crippen LogP contribution in [0.3, 0.4) is 0 Å². The smallest absolute Gasteiger partial charge is 0.173 e. The molecule has 2 rings (SSSR count). The fourth-order valence-corrected chi connectivity index (χ4v) is 2.46. The third-order valence-corrected chi connectivity index (χ3v) is 3.70. The molecule has 1 aromatic rings. The Bertz CT molecular complexity index is 419. The molecule has 0 bridgehead atoms. The van der Waals surface area contributed by atoms with Gasteiger partial charge in [0.1, 0.15) is 5.82 Å². The van der Waals surface area contributed by atoms with Gasteiger partial charge in [-0.05, 0) is 47.2 Å². The van der Waals surface area contributed by atoms with Crippen LogP contribution in [0.1, 0.15) is 6.92 Å². The fourth-order valence-electron chi connectivity index (χ4n) is 1.95. The number of anilines is 1. The summed E-state index contributed by atoms with van der Waals surface area (Å²) in [5.41, 5.74) is 0. The molecular formula is C12H18BrN5S. The van der Waals surface area contributed by atoms with Gasteiger partial charge >= 0.3 is 0 Å². The Balaban J connectivity index is 1.81. The average Bonchev–Trinajstić information content (AvgIpc) is 2.42. The SMILES string of the molecule is CC(NC(=S)Nc1ccc(Br)cn1)N1CCNCC1. The van der Waals surface area contributed by atoms with Crippen molar-refractivity contribution in [3.05, 3.63) is 22.8 Å². The lowest BCUT2D eigenvalue weighted by molar-refractivity contribution is 0.174. The summed E-state index contributed by atoms with van der Waals surface area (Å²) >= 11 is 8.65.